The summed E-state index contributed by atoms with van der Waals surface area (Å²) in [7, 11) is 1.42. The molecule has 1 aliphatic carbocycles. The first-order chi connectivity index (χ1) is 10.3. The van der Waals surface area contributed by atoms with Gasteiger partial charge in [0, 0.05) is 6.08 Å². The SMILES string of the molecule is COC(=O)/C=C1\[C@@H](c2ccccc2)O[C@@H]1C1CCCCC1. The van der Waals surface area contributed by atoms with E-state index in [-0.39, 0.29) is 18.2 Å². The van der Waals surface area contributed by atoms with Crippen molar-refractivity contribution < 1.29 is 14.3 Å². The topological polar surface area (TPSA) is 35.5 Å². The van der Waals surface area contributed by atoms with Crippen LogP contribution < -0.4 is 0 Å². The average molecular weight is 286 g/mol. The molecule has 0 amide bonds. The Morgan fingerprint density at radius 2 is 1.90 bits per heavy atom. The van der Waals surface area contributed by atoms with E-state index in [1.54, 1.807) is 6.08 Å². The van der Waals surface area contributed by atoms with Crippen LogP contribution in [0.4, 0.5) is 0 Å². The van der Waals surface area contributed by atoms with Crippen molar-refractivity contribution in [1.82, 2.24) is 0 Å². The molecule has 0 aromatic heterocycles. The maximum Gasteiger partial charge on any atom is 0.330 e. The van der Waals surface area contributed by atoms with Crippen molar-refractivity contribution in [2.45, 2.75) is 44.3 Å². The maximum absolute atomic E-state index is 11.7. The molecule has 1 heterocycles. The lowest BCUT2D eigenvalue weighted by Crippen LogP contribution is -2.41. The maximum atomic E-state index is 11.7. The van der Waals surface area contributed by atoms with E-state index in [2.05, 4.69) is 0 Å². The van der Waals surface area contributed by atoms with Crippen molar-refractivity contribution in [3.05, 3.63) is 47.5 Å². The largest absolute Gasteiger partial charge is 0.466 e. The molecule has 3 nitrogen and oxygen atoms in total. The third-order valence-electron chi connectivity index (χ3n) is 4.58. The van der Waals surface area contributed by atoms with Gasteiger partial charge in [-0.1, -0.05) is 49.6 Å². The van der Waals surface area contributed by atoms with Crippen molar-refractivity contribution in [2.24, 2.45) is 5.92 Å². The fraction of sp³-hybridized carbons (Fsp3) is 0.500. The van der Waals surface area contributed by atoms with E-state index in [1.807, 2.05) is 30.3 Å². The summed E-state index contributed by atoms with van der Waals surface area (Å²) in [5.41, 5.74) is 2.19. The van der Waals surface area contributed by atoms with Crippen LogP contribution in [0, 0.1) is 5.92 Å². The molecule has 0 N–H and O–H groups in total. The molecule has 1 aromatic rings. The third-order valence-corrected chi connectivity index (χ3v) is 4.58. The second-order valence-corrected chi connectivity index (χ2v) is 5.91. The van der Waals surface area contributed by atoms with Gasteiger partial charge in [-0.25, -0.2) is 4.79 Å². The number of methoxy groups -OCH3 is 1. The van der Waals surface area contributed by atoms with E-state index in [1.165, 1.54) is 39.2 Å². The highest BCUT2D eigenvalue weighted by Crippen LogP contribution is 2.47. The number of hydrogen-bond acceptors (Lipinski definition) is 3. The summed E-state index contributed by atoms with van der Waals surface area (Å²) >= 11 is 0. The molecule has 2 aliphatic rings. The van der Waals surface area contributed by atoms with Gasteiger partial charge < -0.3 is 9.47 Å². The summed E-state index contributed by atoms with van der Waals surface area (Å²) in [6.45, 7) is 0. The lowest BCUT2D eigenvalue weighted by atomic mass is 9.77. The molecule has 0 unspecified atom stereocenters. The molecule has 3 heteroatoms. The number of carbonyl (C=O) groups excluding carboxylic acids is 1. The molecule has 21 heavy (non-hydrogen) atoms. The highest BCUT2D eigenvalue weighted by atomic mass is 16.5. The van der Waals surface area contributed by atoms with Gasteiger partial charge in [0.25, 0.3) is 0 Å². The van der Waals surface area contributed by atoms with Crippen LogP contribution in [-0.4, -0.2) is 19.2 Å². The van der Waals surface area contributed by atoms with Gasteiger partial charge in [-0.2, -0.15) is 0 Å². The van der Waals surface area contributed by atoms with Gasteiger partial charge in [0.1, 0.15) is 6.10 Å². The first kappa shape index (κ1) is 14.3. The number of hydrogen-bond donors (Lipinski definition) is 0. The van der Waals surface area contributed by atoms with Crippen molar-refractivity contribution in [2.75, 3.05) is 7.11 Å². The minimum atomic E-state index is -0.282. The van der Waals surface area contributed by atoms with Crippen LogP contribution in [0.25, 0.3) is 0 Å². The summed E-state index contributed by atoms with van der Waals surface area (Å²) in [4.78, 5) is 11.7. The predicted molar refractivity (Wildman–Crippen MR) is 80.7 cm³/mol. The first-order valence-corrected chi connectivity index (χ1v) is 7.79. The fourth-order valence-electron chi connectivity index (χ4n) is 3.45. The normalized spacial score (nSPS) is 28.1. The third kappa shape index (κ3) is 3.03. The van der Waals surface area contributed by atoms with Crippen LogP contribution in [0.5, 0.6) is 0 Å². The van der Waals surface area contributed by atoms with Crippen LogP contribution in [-0.2, 0) is 14.3 Å². The van der Waals surface area contributed by atoms with Gasteiger partial charge >= 0.3 is 5.97 Å². The van der Waals surface area contributed by atoms with Crippen molar-refractivity contribution >= 4 is 5.97 Å². The van der Waals surface area contributed by atoms with Crippen LogP contribution in [0.15, 0.2) is 42.0 Å². The Morgan fingerprint density at radius 3 is 2.57 bits per heavy atom. The van der Waals surface area contributed by atoms with E-state index < -0.39 is 0 Å². The lowest BCUT2D eigenvalue weighted by Gasteiger charge is -2.45. The Kier molecular flexibility index (Phi) is 4.39. The molecule has 1 saturated heterocycles. The number of benzene rings is 1. The Bertz CT molecular complexity index is 515. The van der Waals surface area contributed by atoms with Gasteiger partial charge in [-0.15, -0.1) is 0 Å². The van der Waals surface area contributed by atoms with Gasteiger partial charge in [-0.05, 0) is 29.9 Å². The summed E-state index contributed by atoms with van der Waals surface area (Å²) in [5.74, 6) is 0.268. The average Bonchev–Trinajstić information content (AvgIpc) is 2.53. The molecule has 2 fully saturated rings. The molecule has 2 atom stereocenters. The van der Waals surface area contributed by atoms with Crippen LogP contribution in [0.3, 0.4) is 0 Å². The Labute approximate surface area is 125 Å². The van der Waals surface area contributed by atoms with Crippen molar-refractivity contribution in [3.63, 3.8) is 0 Å². The van der Waals surface area contributed by atoms with Gasteiger partial charge in [-0.3, -0.25) is 0 Å². The minimum Gasteiger partial charge on any atom is -0.466 e. The van der Waals surface area contributed by atoms with E-state index in [9.17, 15) is 4.79 Å². The summed E-state index contributed by atoms with van der Waals surface area (Å²) in [6.07, 6.45) is 7.90. The molecular weight excluding hydrogens is 264 g/mol. The Morgan fingerprint density at radius 1 is 1.19 bits per heavy atom. The summed E-state index contributed by atoms with van der Waals surface area (Å²) in [6, 6.07) is 10.1. The number of carbonyl (C=O) groups is 1. The number of ether oxygens (including phenoxy) is 2. The smallest absolute Gasteiger partial charge is 0.330 e. The van der Waals surface area contributed by atoms with E-state index in [0.717, 1.165) is 11.1 Å². The molecular formula is C18H22O3. The highest BCUT2D eigenvalue weighted by Gasteiger charge is 2.42. The minimum absolute atomic E-state index is 0.0859. The van der Waals surface area contributed by atoms with Crippen LogP contribution in [0.1, 0.15) is 43.8 Å². The van der Waals surface area contributed by atoms with E-state index >= 15 is 0 Å². The molecule has 112 valence electrons. The molecule has 0 spiro atoms. The van der Waals surface area contributed by atoms with Gasteiger partial charge in [0.05, 0.1) is 13.2 Å². The molecule has 1 aromatic carbocycles. The second kappa shape index (κ2) is 6.44. The van der Waals surface area contributed by atoms with Gasteiger partial charge in [0.15, 0.2) is 0 Å². The molecule has 0 bridgehead atoms. The molecule has 1 aliphatic heterocycles. The highest BCUT2D eigenvalue weighted by molar-refractivity contribution is 5.83. The van der Waals surface area contributed by atoms with Crippen LogP contribution in [0.2, 0.25) is 0 Å². The zero-order chi connectivity index (χ0) is 14.7. The number of esters is 1. The van der Waals surface area contributed by atoms with Crippen molar-refractivity contribution in [3.8, 4) is 0 Å². The zero-order valence-corrected chi connectivity index (χ0v) is 12.5. The standard InChI is InChI=1S/C18H22O3/c1-20-16(19)12-15-17(13-8-4-2-5-9-13)21-18(15)14-10-6-3-7-11-14/h2,4-5,8-9,12,14,17-18H,3,6-7,10-11H2,1H3/b15-12+/t17-,18-/m1/s1. The Hall–Kier alpha value is -1.61. The van der Waals surface area contributed by atoms with Crippen LogP contribution >= 0.6 is 0 Å². The second-order valence-electron chi connectivity index (χ2n) is 5.91. The monoisotopic (exact) mass is 286 g/mol. The van der Waals surface area contributed by atoms with Crippen molar-refractivity contribution in [1.29, 1.82) is 0 Å². The molecule has 0 radical (unpaired) electrons. The summed E-state index contributed by atoms with van der Waals surface area (Å²) in [5, 5.41) is 0. The first-order valence-electron chi connectivity index (χ1n) is 7.79. The Balaban J connectivity index is 1.80. The van der Waals surface area contributed by atoms with E-state index in [4.69, 9.17) is 9.47 Å². The molecule has 3 rings (SSSR count). The van der Waals surface area contributed by atoms with E-state index in [0.29, 0.717) is 5.92 Å². The summed E-state index contributed by atoms with van der Waals surface area (Å²) < 4.78 is 11.0. The molecule has 1 saturated carbocycles. The zero-order valence-electron chi connectivity index (χ0n) is 12.5. The number of rotatable bonds is 3. The fourth-order valence-corrected chi connectivity index (χ4v) is 3.45. The van der Waals surface area contributed by atoms with Gasteiger partial charge in [0.2, 0.25) is 0 Å². The lowest BCUT2D eigenvalue weighted by molar-refractivity contribution is -0.136. The predicted octanol–water partition coefficient (Wildman–Crippen LogP) is 3.81. The quantitative estimate of drug-likeness (QED) is 0.626.